The van der Waals surface area contributed by atoms with Gasteiger partial charge < -0.3 is 20.2 Å². The lowest BCUT2D eigenvalue weighted by Crippen LogP contribution is -2.36. The molecule has 3 rings (SSSR count). The maximum Gasteiger partial charge on any atom is 0.493 e. The Morgan fingerprint density at radius 2 is 1.75 bits per heavy atom. The molecule has 1 heterocycles. The Kier molecular flexibility index (Phi) is 8.51. The molecule has 2 aromatic rings. The monoisotopic (exact) mass is 506 g/mol. The van der Waals surface area contributed by atoms with E-state index in [2.05, 4.69) is 4.84 Å². The van der Waals surface area contributed by atoms with Crippen LogP contribution in [0.1, 0.15) is 51.1 Å². The number of nitrogen functional groups attached to an aromatic ring is 1. The lowest BCUT2D eigenvalue weighted by Gasteiger charge is -2.27. The van der Waals surface area contributed by atoms with Gasteiger partial charge in [-0.05, 0) is 55.2 Å². The summed E-state index contributed by atoms with van der Waals surface area (Å²) in [6.07, 6.45) is -2.37. The number of nitrogens with zero attached hydrogens (tertiary/aromatic N) is 1. The third-order valence-electron chi connectivity index (χ3n) is 5.49. The largest absolute Gasteiger partial charge is 0.493 e. The number of hydrogen-bond acceptors (Lipinski definition) is 6. The van der Waals surface area contributed by atoms with Crippen molar-refractivity contribution in [2.45, 2.75) is 31.9 Å². The number of nitrogens with one attached hydrogen (secondary N) is 2. The second-order valence-corrected chi connectivity index (χ2v) is 8.08. The zero-order valence-corrected chi connectivity index (χ0v) is 19.2. The van der Waals surface area contributed by atoms with Crippen LogP contribution in [0.25, 0.3) is 0 Å². The second kappa shape index (κ2) is 11.6. The highest BCUT2D eigenvalue weighted by atomic mass is 19.4. The van der Waals surface area contributed by atoms with Crippen molar-refractivity contribution in [3.05, 3.63) is 64.7 Å². The van der Waals surface area contributed by atoms with Crippen LogP contribution in [0.2, 0.25) is 0 Å². The average Bonchev–Trinajstić information content (AvgIpc) is 2.86. The highest BCUT2D eigenvalue weighted by Crippen LogP contribution is 2.20. The van der Waals surface area contributed by atoms with Crippen LogP contribution >= 0.6 is 0 Å². The predicted molar refractivity (Wildman–Crippen MR) is 122 cm³/mol. The Morgan fingerprint density at radius 3 is 2.42 bits per heavy atom. The third-order valence-corrected chi connectivity index (χ3v) is 5.49. The molecule has 1 fully saturated rings. The van der Waals surface area contributed by atoms with Gasteiger partial charge in [0.05, 0.1) is 6.61 Å². The van der Waals surface area contributed by atoms with Crippen molar-refractivity contribution in [1.82, 2.24) is 10.4 Å². The van der Waals surface area contributed by atoms with Gasteiger partial charge >= 0.3 is 12.1 Å². The number of alkyl halides is 3. The predicted octanol–water partition coefficient (Wildman–Crippen LogP) is 2.97. The Balaban J connectivity index is 1.78. The minimum absolute atomic E-state index is 0.0331. The number of amides is 2. The van der Waals surface area contributed by atoms with E-state index in [-0.39, 0.29) is 30.3 Å². The third kappa shape index (κ3) is 6.96. The Bertz CT molecular complexity index is 1150. The Morgan fingerprint density at radius 1 is 1.03 bits per heavy atom. The van der Waals surface area contributed by atoms with Gasteiger partial charge in [0.1, 0.15) is 11.6 Å². The van der Waals surface area contributed by atoms with Crippen LogP contribution in [-0.2, 0) is 16.1 Å². The van der Waals surface area contributed by atoms with Crippen LogP contribution in [0.15, 0.2) is 42.5 Å². The van der Waals surface area contributed by atoms with Crippen molar-refractivity contribution in [1.29, 1.82) is 5.41 Å². The van der Waals surface area contributed by atoms with Gasteiger partial charge in [0.25, 0.3) is 11.8 Å². The van der Waals surface area contributed by atoms with Crippen molar-refractivity contribution < 1.29 is 37.1 Å². The number of rotatable bonds is 7. The molecule has 0 saturated carbocycles. The smallest absolute Gasteiger partial charge is 0.493 e. The summed E-state index contributed by atoms with van der Waals surface area (Å²) in [5.41, 5.74) is 7.97. The summed E-state index contributed by atoms with van der Waals surface area (Å²) in [5.74, 6) is -3.60. The normalized spacial score (nSPS) is 13.6. The molecule has 1 saturated heterocycles. The van der Waals surface area contributed by atoms with Gasteiger partial charge in [-0.3, -0.25) is 15.0 Å². The summed E-state index contributed by atoms with van der Waals surface area (Å²) in [7, 11) is 0. The molecule has 0 unspecified atom stereocenters. The first-order valence-corrected chi connectivity index (χ1v) is 11.1. The molecule has 0 bridgehead atoms. The number of nitrogens with two attached hydrogens (primary N) is 1. The van der Waals surface area contributed by atoms with Crippen LogP contribution in [0.3, 0.4) is 0 Å². The molecule has 2 amide bonds. The van der Waals surface area contributed by atoms with Gasteiger partial charge in [0, 0.05) is 36.2 Å². The molecular weight excluding hydrogens is 481 g/mol. The molecule has 0 atom stereocenters. The van der Waals surface area contributed by atoms with E-state index in [4.69, 9.17) is 15.9 Å². The molecule has 1 aliphatic rings. The van der Waals surface area contributed by atoms with Crippen molar-refractivity contribution >= 4 is 23.6 Å². The molecular formula is C24H25F3N4O5. The molecule has 1 aliphatic heterocycles. The van der Waals surface area contributed by atoms with Gasteiger partial charge in [-0.15, -0.1) is 0 Å². The molecule has 12 heteroatoms. The highest BCUT2D eigenvalue weighted by Gasteiger charge is 2.42. The number of piperidine rings is 1. The summed E-state index contributed by atoms with van der Waals surface area (Å²) in [5, 5.41) is 7.51. The number of hydrogen-bond donors (Lipinski definition) is 3. The standard InChI is InChI=1S/C24H25F3N4O5/c25-24(26,27)23(34)36-30-21(32)19-8-7-17(22(33)31-10-2-1-3-11-31)13-15(19)9-12-35-18-6-4-5-16(14-18)20(28)29/h4-8,13-14H,1-3,9-12H2,(H3,28,29)(H,30,32). The number of hydroxylamine groups is 1. The van der Waals surface area contributed by atoms with E-state index < -0.39 is 18.1 Å². The first-order valence-electron chi connectivity index (χ1n) is 11.1. The van der Waals surface area contributed by atoms with Gasteiger partial charge in [-0.1, -0.05) is 12.1 Å². The summed E-state index contributed by atoms with van der Waals surface area (Å²) >= 11 is 0. The first kappa shape index (κ1) is 26.5. The molecule has 0 radical (unpaired) electrons. The lowest BCUT2D eigenvalue weighted by molar-refractivity contribution is -0.204. The number of amidine groups is 1. The Hall–Kier alpha value is -4.09. The summed E-state index contributed by atoms with van der Waals surface area (Å²) in [6, 6.07) is 10.7. The zero-order chi connectivity index (χ0) is 26.3. The van der Waals surface area contributed by atoms with Crippen molar-refractivity contribution in [3.8, 4) is 5.75 Å². The highest BCUT2D eigenvalue weighted by molar-refractivity contribution is 5.99. The van der Waals surface area contributed by atoms with Crippen molar-refractivity contribution in [3.63, 3.8) is 0 Å². The number of carbonyl (C=O) groups is 3. The second-order valence-electron chi connectivity index (χ2n) is 8.08. The molecule has 4 N–H and O–H groups in total. The van der Waals surface area contributed by atoms with Crippen LogP contribution < -0.4 is 16.0 Å². The van der Waals surface area contributed by atoms with Crippen LogP contribution in [0.5, 0.6) is 5.75 Å². The molecule has 9 nitrogen and oxygen atoms in total. The van der Waals surface area contributed by atoms with Gasteiger partial charge in [-0.2, -0.15) is 18.7 Å². The number of ether oxygens (including phenoxy) is 1. The fraction of sp³-hybridized carbons (Fsp3) is 0.333. The van der Waals surface area contributed by atoms with E-state index in [1.807, 2.05) is 0 Å². The van der Waals surface area contributed by atoms with E-state index in [1.165, 1.54) is 23.7 Å². The Labute approximate surface area is 204 Å². The maximum absolute atomic E-state index is 12.9. The molecule has 0 aliphatic carbocycles. The van der Waals surface area contributed by atoms with Gasteiger partial charge in [0.15, 0.2) is 0 Å². The van der Waals surface area contributed by atoms with Crippen LogP contribution in [0, 0.1) is 5.41 Å². The number of likely N-dealkylation sites (tertiary alicyclic amines) is 1. The van der Waals surface area contributed by atoms with E-state index in [0.717, 1.165) is 19.3 Å². The van der Waals surface area contributed by atoms with E-state index in [9.17, 15) is 27.6 Å². The van der Waals surface area contributed by atoms with Crippen LogP contribution in [0.4, 0.5) is 13.2 Å². The fourth-order valence-corrected chi connectivity index (χ4v) is 3.67. The van der Waals surface area contributed by atoms with Crippen LogP contribution in [-0.4, -0.2) is 54.4 Å². The lowest BCUT2D eigenvalue weighted by atomic mass is 9.99. The minimum atomic E-state index is -5.27. The van der Waals surface area contributed by atoms with Gasteiger partial charge in [0.2, 0.25) is 0 Å². The maximum atomic E-state index is 12.9. The number of halogens is 3. The van der Waals surface area contributed by atoms with Crippen molar-refractivity contribution in [2.24, 2.45) is 5.73 Å². The topological polar surface area (TPSA) is 135 Å². The molecule has 0 aromatic heterocycles. The molecule has 2 aromatic carbocycles. The van der Waals surface area contributed by atoms with E-state index in [0.29, 0.717) is 35.5 Å². The fourth-order valence-electron chi connectivity index (χ4n) is 3.67. The van der Waals surface area contributed by atoms with Gasteiger partial charge in [-0.25, -0.2) is 4.79 Å². The molecule has 0 spiro atoms. The zero-order valence-electron chi connectivity index (χ0n) is 19.2. The summed E-state index contributed by atoms with van der Waals surface area (Å²) < 4.78 is 42.9. The number of carbonyl (C=O) groups excluding carboxylic acids is 3. The molecule has 36 heavy (non-hydrogen) atoms. The first-order chi connectivity index (χ1) is 17.1. The van der Waals surface area contributed by atoms with E-state index >= 15 is 0 Å². The minimum Gasteiger partial charge on any atom is -0.493 e. The van der Waals surface area contributed by atoms with Crippen molar-refractivity contribution in [2.75, 3.05) is 19.7 Å². The summed E-state index contributed by atoms with van der Waals surface area (Å²) in [6.45, 7) is 1.25. The average molecular weight is 506 g/mol. The summed E-state index contributed by atoms with van der Waals surface area (Å²) in [4.78, 5) is 41.9. The SMILES string of the molecule is N=C(N)c1cccc(OCCc2cc(C(=O)N3CCCCC3)ccc2C(=O)NOC(=O)C(F)(F)F)c1. The quantitative estimate of drug-likeness (QED) is 0.300. The number of benzene rings is 2. The van der Waals surface area contributed by atoms with E-state index in [1.54, 1.807) is 29.2 Å². The molecule has 192 valence electrons.